The molecule has 2 heterocycles. The Morgan fingerprint density at radius 2 is 2.16 bits per heavy atom. The molecule has 2 rings (SSSR count). The molecule has 19 heavy (non-hydrogen) atoms. The van der Waals surface area contributed by atoms with Gasteiger partial charge in [-0.15, -0.1) is 11.3 Å². The van der Waals surface area contributed by atoms with Crippen molar-refractivity contribution < 1.29 is 0 Å². The summed E-state index contributed by atoms with van der Waals surface area (Å²) in [6.07, 6.45) is 5.18. The summed E-state index contributed by atoms with van der Waals surface area (Å²) in [6.45, 7) is 10.6. The van der Waals surface area contributed by atoms with Crippen molar-refractivity contribution in [3.8, 4) is 0 Å². The Morgan fingerprint density at radius 1 is 1.32 bits per heavy atom. The molecule has 0 saturated carbocycles. The molecule has 0 radical (unpaired) electrons. The highest BCUT2D eigenvalue weighted by Crippen LogP contribution is 2.20. The Balaban J connectivity index is 1.87. The highest BCUT2D eigenvalue weighted by molar-refractivity contribution is 7.11. The van der Waals surface area contributed by atoms with Crippen LogP contribution in [0.25, 0.3) is 0 Å². The molecule has 0 amide bonds. The highest BCUT2D eigenvalue weighted by Gasteiger charge is 2.17. The Morgan fingerprint density at radius 3 is 2.79 bits per heavy atom. The van der Waals surface area contributed by atoms with Crippen molar-refractivity contribution in [3.05, 3.63) is 21.9 Å². The van der Waals surface area contributed by atoms with Gasteiger partial charge in [-0.3, -0.25) is 4.90 Å². The van der Waals surface area contributed by atoms with E-state index < -0.39 is 0 Å². The van der Waals surface area contributed by atoms with Crippen LogP contribution in [-0.4, -0.2) is 31.1 Å². The maximum absolute atomic E-state index is 3.54. The van der Waals surface area contributed by atoms with E-state index in [2.05, 4.69) is 36.2 Å². The van der Waals surface area contributed by atoms with Crippen LogP contribution in [0, 0.1) is 5.92 Å². The van der Waals surface area contributed by atoms with Crippen LogP contribution >= 0.6 is 11.3 Å². The van der Waals surface area contributed by atoms with Crippen LogP contribution in [-0.2, 0) is 13.0 Å². The van der Waals surface area contributed by atoms with E-state index in [1.807, 2.05) is 11.3 Å². The first-order valence-corrected chi connectivity index (χ1v) is 8.64. The van der Waals surface area contributed by atoms with E-state index in [0.717, 1.165) is 12.5 Å². The molecule has 2 nitrogen and oxygen atoms in total. The lowest BCUT2D eigenvalue weighted by molar-refractivity contribution is 0.203. The third-order valence-electron chi connectivity index (χ3n) is 3.90. The summed E-state index contributed by atoms with van der Waals surface area (Å²) in [5, 5.41) is 3.54. The summed E-state index contributed by atoms with van der Waals surface area (Å²) < 4.78 is 0. The minimum absolute atomic E-state index is 0.853. The maximum Gasteiger partial charge on any atom is 0.0328 e. The molecule has 1 saturated heterocycles. The second-order valence-corrected chi connectivity index (χ2v) is 6.92. The van der Waals surface area contributed by atoms with Crippen LogP contribution in [0.5, 0.6) is 0 Å². The van der Waals surface area contributed by atoms with Crippen molar-refractivity contribution in [2.24, 2.45) is 5.92 Å². The third kappa shape index (κ3) is 4.90. The van der Waals surface area contributed by atoms with Gasteiger partial charge in [-0.2, -0.15) is 0 Å². The normalized spacial score (nSPS) is 20.1. The van der Waals surface area contributed by atoms with Crippen molar-refractivity contribution in [2.45, 2.75) is 46.1 Å². The first-order valence-electron chi connectivity index (χ1n) is 7.82. The predicted octanol–water partition coefficient (Wildman–Crippen LogP) is 3.52. The standard InChI is InChI=1S/C16H28N2S/c1-3-10-18(12-14-6-5-9-17-11-14)13-16-8-7-15(4-2)19-16/h7-8,14,17H,3-6,9-13H2,1-2H3. The van der Waals surface area contributed by atoms with E-state index in [-0.39, 0.29) is 0 Å². The summed E-state index contributed by atoms with van der Waals surface area (Å²) in [7, 11) is 0. The fourth-order valence-electron chi connectivity index (χ4n) is 2.91. The SMILES string of the molecule is CCCN(Cc1ccc(CC)s1)CC1CCCNC1. The molecule has 0 bridgehead atoms. The van der Waals surface area contributed by atoms with E-state index in [0.29, 0.717) is 0 Å². The molecular formula is C16H28N2S. The molecule has 3 heteroatoms. The number of piperidine rings is 1. The van der Waals surface area contributed by atoms with Crippen LogP contribution in [0.3, 0.4) is 0 Å². The lowest BCUT2D eigenvalue weighted by Gasteiger charge is -2.29. The molecule has 108 valence electrons. The lowest BCUT2D eigenvalue weighted by Crippen LogP contribution is -2.38. The van der Waals surface area contributed by atoms with E-state index in [4.69, 9.17) is 0 Å². The average Bonchev–Trinajstić information content (AvgIpc) is 2.88. The van der Waals surface area contributed by atoms with Crippen molar-refractivity contribution in [1.29, 1.82) is 0 Å². The summed E-state index contributed by atoms with van der Waals surface area (Å²) in [6, 6.07) is 4.62. The second-order valence-electron chi connectivity index (χ2n) is 5.67. The van der Waals surface area contributed by atoms with E-state index in [1.165, 1.54) is 61.6 Å². The van der Waals surface area contributed by atoms with Gasteiger partial charge >= 0.3 is 0 Å². The zero-order chi connectivity index (χ0) is 13.5. The zero-order valence-corrected chi connectivity index (χ0v) is 13.3. The number of hydrogen-bond donors (Lipinski definition) is 1. The molecule has 1 aliphatic heterocycles. The number of nitrogens with zero attached hydrogens (tertiary/aromatic N) is 1. The Bertz CT molecular complexity index is 355. The largest absolute Gasteiger partial charge is 0.316 e. The van der Waals surface area contributed by atoms with Gasteiger partial charge in [0.15, 0.2) is 0 Å². The smallest absolute Gasteiger partial charge is 0.0328 e. The van der Waals surface area contributed by atoms with E-state index in [9.17, 15) is 0 Å². The highest BCUT2D eigenvalue weighted by atomic mass is 32.1. The monoisotopic (exact) mass is 280 g/mol. The Hall–Kier alpha value is -0.380. The van der Waals surface area contributed by atoms with Crippen LogP contribution in [0.2, 0.25) is 0 Å². The van der Waals surface area contributed by atoms with Gasteiger partial charge in [0, 0.05) is 22.8 Å². The molecule has 0 aliphatic carbocycles. The van der Waals surface area contributed by atoms with Gasteiger partial charge in [0.1, 0.15) is 0 Å². The summed E-state index contributed by atoms with van der Waals surface area (Å²) in [4.78, 5) is 5.71. The van der Waals surface area contributed by atoms with Crippen LogP contribution < -0.4 is 5.32 Å². The van der Waals surface area contributed by atoms with Gasteiger partial charge in [0.25, 0.3) is 0 Å². The summed E-state index contributed by atoms with van der Waals surface area (Å²) in [5.74, 6) is 0.853. The Kier molecular flexibility index (Phi) is 6.35. The van der Waals surface area contributed by atoms with Gasteiger partial charge in [-0.25, -0.2) is 0 Å². The molecule has 0 aromatic carbocycles. The van der Waals surface area contributed by atoms with Gasteiger partial charge < -0.3 is 5.32 Å². The summed E-state index contributed by atoms with van der Waals surface area (Å²) in [5.41, 5.74) is 0. The quantitative estimate of drug-likeness (QED) is 0.822. The van der Waals surface area contributed by atoms with Gasteiger partial charge in [0.05, 0.1) is 0 Å². The van der Waals surface area contributed by atoms with Crippen LogP contribution in [0.1, 0.15) is 42.9 Å². The average molecular weight is 280 g/mol. The van der Waals surface area contributed by atoms with E-state index >= 15 is 0 Å². The fraction of sp³-hybridized carbons (Fsp3) is 0.750. The molecule has 1 N–H and O–H groups in total. The predicted molar refractivity (Wildman–Crippen MR) is 84.9 cm³/mol. The topological polar surface area (TPSA) is 15.3 Å². The summed E-state index contributed by atoms with van der Waals surface area (Å²) >= 11 is 1.99. The number of nitrogens with one attached hydrogen (secondary N) is 1. The molecule has 1 atom stereocenters. The molecule has 1 aromatic rings. The lowest BCUT2D eigenvalue weighted by atomic mass is 9.99. The number of thiophene rings is 1. The second kappa shape index (κ2) is 8.03. The fourth-order valence-corrected chi connectivity index (χ4v) is 3.91. The van der Waals surface area contributed by atoms with E-state index in [1.54, 1.807) is 0 Å². The number of rotatable bonds is 7. The van der Waals surface area contributed by atoms with Crippen molar-refractivity contribution >= 4 is 11.3 Å². The molecule has 0 spiro atoms. The number of hydrogen-bond acceptors (Lipinski definition) is 3. The number of aryl methyl sites for hydroxylation is 1. The maximum atomic E-state index is 3.54. The van der Waals surface area contributed by atoms with Gasteiger partial charge in [-0.05, 0) is 63.4 Å². The molecular weight excluding hydrogens is 252 g/mol. The van der Waals surface area contributed by atoms with Crippen LogP contribution in [0.4, 0.5) is 0 Å². The van der Waals surface area contributed by atoms with Crippen molar-refractivity contribution in [3.63, 3.8) is 0 Å². The zero-order valence-electron chi connectivity index (χ0n) is 12.5. The minimum atomic E-state index is 0.853. The molecule has 1 aliphatic rings. The molecule has 1 fully saturated rings. The third-order valence-corrected chi connectivity index (χ3v) is 5.11. The van der Waals surface area contributed by atoms with Gasteiger partial charge in [0.2, 0.25) is 0 Å². The molecule has 1 unspecified atom stereocenters. The molecule has 1 aromatic heterocycles. The first kappa shape index (κ1) is 15.0. The minimum Gasteiger partial charge on any atom is -0.316 e. The first-order chi connectivity index (χ1) is 9.31. The van der Waals surface area contributed by atoms with Crippen LogP contribution in [0.15, 0.2) is 12.1 Å². The van der Waals surface area contributed by atoms with Crippen molar-refractivity contribution in [2.75, 3.05) is 26.2 Å². The van der Waals surface area contributed by atoms with Crippen molar-refractivity contribution in [1.82, 2.24) is 10.2 Å². The van der Waals surface area contributed by atoms with Gasteiger partial charge in [-0.1, -0.05) is 13.8 Å². The Labute approximate surface area is 122 Å².